The molecule has 2 heterocycles. The molecule has 1 aromatic carbocycles. The minimum Gasteiger partial charge on any atom is -0.493 e. The Balaban J connectivity index is 0.00000192. The lowest BCUT2D eigenvalue weighted by Gasteiger charge is -2.37. The summed E-state index contributed by atoms with van der Waals surface area (Å²) in [5, 5.41) is 4.00. The van der Waals surface area contributed by atoms with E-state index < -0.39 is 0 Å². The van der Waals surface area contributed by atoms with Crippen LogP contribution >= 0.6 is 24.0 Å². The summed E-state index contributed by atoms with van der Waals surface area (Å²) in [5.41, 5.74) is 1.14. The van der Waals surface area contributed by atoms with Gasteiger partial charge in [0, 0.05) is 32.2 Å². The number of hydrogen-bond donors (Lipinski definition) is 1. The average Bonchev–Trinajstić information content (AvgIpc) is 2.99. The van der Waals surface area contributed by atoms with Crippen LogP contribution in [0, 0.1) is 0 Å². The van der Waals surface area contributed by atoms with Crippen LogP contribution in [0.2, 0.25) is 5.02 Å². The second kappa shape index (κ2) is 8.40. The Morgan fingerprint density at radius 3 is 2.96 bits per heavy atom. The van der Waals surface area contributed by atoms with Crippen molar-refractivity contribution in [2.24, 2.45) is 0 Å². The molecule has 2 aliphatic rings. The van der Waals surface area contributed by atoms with Gasteiger partial charge in [-0.1, -0.05) is 11.6 Å². The van der Waals surface area contributed by atoms with Gasteiger partial charge in [0.2, 0.25) is 0 Å². The summed E-state index contributed by atoms with van der Waals surface area (Å²) in [6.07, 6.45) is 0.300. The lowest BCUT2D eigenvalue weighted by molar-refractivity contribution is -0.0500. The molecule has 1 N–H and O–H groups in total. The van der Waals surface area contributed by atoms with Crippen molar-refractivity contribution < 1.29 is 14.2 Å². The van der Waals surface area contributed by atoms with Crippen LogP contribution in [0.25, 0.3) is 0 Å². The fourth-order valence-electron chi connectivity index (χ4n) is 3.24. The zero-order valence-electron chi connectivity index (χ0n) is 13.5. The van der Waals surface area contributed by atoms with E-state index in [4.69, 9.17) is 25.8 Å². The molecule has 3 rings (SSSR count). The minimum absolute atomic E-state index is 0. The molecule has 1 aromatic rings. The van der Waals surface area contributed by atoms with Crippen molar-refractivity contribution in [3.63, 3.8) is 0 Å². The van der Waals surface area contributed by atoms with Crippen LogP contribution < -0.4 is 14.8 Å². The maximum Gasteiger partial charge on any atom is 0.179 e. The van der Waals surface area contributed by atoms with E-state index in [1.165, 1.54) is 0 Å². The van der Waals surface area contributed by atoms with E-state index in [-0.39, 0.29) is 12.4 Å². The Kier molecular flexibility index (Phi) is 6.80. The lowest BCUT2D eigenvalue weighted by Crippen LogP contribution is -2.50. The van der Waals surface area contributed by atoms with Crippen molar-refractivity contribution in [1.82, 2.24) is 10.2 Å². The molecule has 0 aliphatic carbocycles. The third-order valence-electron chi connectivity index (χ3n) is 4.27. The highest BCUT2D eigenvalue weighted by Gasteiger charge is 2.35. The van der Waals surface area contributed by atoms with Gasteiger partial charge in [-0.25, -0.2) is 0 Å². The van der Waals surface area contributed by atoms with Crippen LogP contribution in [0.5, 0.6) is 11.5 Å². The molecule has 0 amide bonds. The smallest absolute Gasteiger partial charge is 0.179 e. The van der Waals surface area contributed by atoms with Gasteiger partial charge in [-0.2, -0.15) is 0 Å². The second-order valence-electron chi connectivity index (χ2n) is 5.65. The van der Waals surface area contributed by atoms with Crippen molar-refractivity contribution in [3.8, 4) is 11.5 Å². The first-order valence-corrected chi connectivity index (χ1v) is 8.16. The number of benzene rings is 1. The van der Waals surface area contributed by atoms with Crippen LogP contribution in [0.3, 0.4) is 0 Å². The Hall–Kier alpha value is -0.720. The van der Waals surface area contributed by atoms with Gasteiger partial charge in [0.25, 0.3) is 0 Å². The number of ether oxygens (including phenoxy) is 3. The van der Waals surface area contributed by atoms with E-state index >= 15 is 0 Å². The molecular formula is C16H24Cl2N2O3. The summed E-state index contributed by atoms with van der Waals surface area (Å²) in [6.45, 7) is 6.98. The molecule has 130 valence electrons. The van der Waals surface area contributed by atoms with E-state index in [0.29, 0.717) is 35.3 Å². The van der Waals surface area contributed by atoms with Crippen LogP contribution in [0.15, 0.2) is 12.1 Å². The number of fused-ring (bicyclic) bond motifs is 1. The Morgan fingerprint density at radius 2 is 2.22 bits per heavy atom. The highest BCUT2D eigenvalue weighted by atomic mass is 35.5. The summed E-state index contributed by atoms with van der Waals surface area (Å²) in [7, 11) is 1.64. The molecule has 0 aromatic heterocycles. The van der Waals surface area contributed by atoms with Crippen LogP contribution in [0.4, 0.5) is 0 Å². The maximum atomic E-state index is 6.36. The Bertz CT molecular complexity index is 530. The molecule has 0 bridgehead atoms. The van der Waals surface area contributed by atoms with Gasteiger partial charge in [-0.05, 0) is 24.6 Å². The molecule has 0 saturated carbocycles. The predicted molar refractivity (Wildman–Crippen MR) is 93.2 cm³/mol. The molecule has 2 aliphatic heterocycles. The van der Waals surface area contributed by atoms with Gasteiger partial charge in [0.1, 0.15) is 0 Å². The molecule has 7 heteroatoms. The summed E-state index contributed by atoms with van der Waals surface area (Å²) in [4.78, 5) is 2.46. The van der Waals surface area contributed by atoms with Crippen molar-refractivity contribution in [2.75, 3.05) is 40.0 Å². The topological polar surface area (TPSA) is 43.0 Å². The van der Waals surface area contributed by atoms with Gasteiger partial charge >= 0.3 is 0 Å². The third-order valence-corrected chi connectivity index (χ3v) is 4.55. The van der Waals surface area contributed by atoms with Crippen molar-refractivity contribution >= 4 is 24.0 Å². The molecule has 0 radical (unpaired) electrons. The zero-order valence-corrected chi connectivity index (χ0v) is 15.1. The molecule has 2 fully saturated rings. The van der Waals surface area contributed by atoms with Gasteiger partial charge in [0.05, 0.1) is 31.5 Å². The van der Waals surface area contributed by atoms with Crippen molar-refractivity contribution in [1.29, 1.82) is 0 Å². The number of nitrogens with zero attached hydrogens (tertiary/aromatic N) is 1. The number of halogens is 2. The molecule has 2 atom stereocenters. The van der Waals surface area contributed by atoms with Crippen LogP contribution in [-0.2, 0) is 11.3 Å². The zero-order chi connectivity index (χ0) is 15.5. The SMILES string of the molecule is CCOc1c(Cl)cc(CN2CCO[C@H]3CNC[C@H]32)cc1OC.Cl. The fourth-order valence-corrected chi connectivity index (χ4v) is 3.53. The van der Waals surface area contributed by atoms with Gasteiger partial charge in [0.15, 0.2) is 11.5 Å². The Labute approximate surface area is 148 Å². The highest BCUT2D eigenvalue weighted by molar-refractivity contribution is 6.32. The summed E-state index contributed by atoms with van der Waals surface area (Å²) >= 11 is 6.36. The van der Waals surface area contributed by atoms with E-state index in [1.807, 2.05) is 19.1 Å². The number of hydrogen-bond acceptors (Lipinski definition) is 5. The maximum absolute atomic E-state index is 6.36. The van der Waals surface area contributed by atoms with Crippen molar-refractivity contribution in [2.45, 2.75) is 25.6 Å². The van der Waals surface area contributed by atoms with Crippen molar-refractivity contribution in [3.05, 3.63) is 22.7 Å². The number of methoxy groups -OCH3 is 1. The van der Waals surface area contributed by atoms with Gasteiger partial charge < -0.3 is 19.5 Å². The second-order valence-corrected chi connectivity index (χ2v) is 6.05. The molecule has 0 spiro atoms. The fraction of sp³-hybridized carbons (Fsp3) is 0.625. The molecule has 0 unspecified atom stereocenters. The third kappa shape index (κ3) is 4.03. The largest absolute Gasteiger partial charge is 0.493 e. The normalized spacial score (nSPS) is 24.0. The first-order valence-electron chi connectivity index (χ1n) is 7.78. The lowest BCUT2D eigenvalue weighted by atomic mass is 10.1. The van der Waals surface area contributed by atoms with E-state index in [1.54, 1.807) is 7.11 Å². The first kappa shape index (κ1) is 18.6. The predicted octanol–water partition coefficient (Wildman–Crippen LogP) is 2.34. The monoisotopic (exact) mass is 362 g/mol. The molecule has 5 nitrogen and oxygen atoms in total. The molecular weight excluding hydrogens is 339 g/mol. The van der Waals surface area contributed by atoms with E-state index in [0.717, 1.165) is 38.3 Å². The van der Waals surface area contributed by atoms with Crippen LogP contribution in [0.1, 0.15) is 12.5 Å². The summed E-state index contributed by atoms with van der Waals surface area (Å²) in [6, 6.07) is 4.43. The Morgan fingerprint density at radius 1 is 1.39 bits per heavy atom. The standard InChI is InChI=1S/C16H23ClN2O3.ClH/c1-3-21-16-12(17)6-11(7-14(16)20-2)10-19-4-5-22-15-9-18-8-13(15)19;/h6-7,13,15,18H,3-5,8-10H2,1-2H3;1H/t13-,15+;/m1./s1. The van der Waals surface area contributed by atoms with Gasteiger partial charge in [-0.15, -0.1) is 12.4 Å². The first-order chi connectivity index (χ1) is 10.7. The number of morpholine rings is 1. The quantitative estimate of drug-likeness (QED) is 0.870. The van der Waals surface area contributed by atoms with Gasteiger partial charge in [-0.3, -0.25) is 4.90 Å². The molecule has 2 saturated heterocycles. The number of nitrogens with one attached hydrogen (secondary N) is 1. The molecule has 23 heavy (non-hydrogen) atoms. The van der Waals surface area contributed by atoms with Crippen LogP contribution in [-0.4, -0.2) is 57.0 Å². The minimum atomic E-state index is 0. The average molecular weight is 363 g/mol. The number of rotatable bonds is 5. The van der Waals surface area contributed by atoms with E-state index in [2.05, 4.69) is 10.2 Å². The summed E-state index contributed by atoms with van der Waals surface area (Å²) < 4.78 is 16.8. The van der Waals surface area contributed by atoms with E-state index in [9.17, 15) is 0 Å². The highest BCUT2D eigenvalue weighted by Crippen LogP contribution is 2.37. The summed E-state index contributed by atoms with van der Waals surface area (Å²) in [5.74, 6) is 1.32.